The number of amides is 1. The van der Waals surface area contributed by atoms with Crippen molar-refractivity contribution in [1.29, 1.82) is 0 Å². The van der Waals surface area contributed by atoms with Crippen LogP contribution in [0, 0.1) is 5.82 Å². The van der Waals surface area contributed by atoms with Crippen molar-refractivity contribution in [1.82, 2.24) is 9.88 Å². The summed E-state index contributed by atoms with van der Waals surface area (Å²) < 4.78 is 59.8. The molecule has 1 N–H and O–H groups in total. The highest BCUT2D eigenvalue weighted by Gasteiger charge is 2.40. The van der Waals surface area contributed by atoms with E-state index in [0.717, 1.165) is 22.5 Å². The predicted molar refractivity (Wildman–Crippen MR) is 136 cm³/mol. The van der Waals surface area contributed by atoms with E-state index < -0.39 is 46.5 Å². The highest BCUT2D eigenvalue weighted by molar-refractivity contribution is 14.1. The van der Waals surface area contributed by atoms with Gasteiger partial charge in [0.05, 0.1) is 28.5 Å². The lowest BCUT2D eigenvalue weighted by molar-refractivity contribution is -0.140. The summed E-state index contributed by atoms with van der Waals surface area (Å²) in [5, 5.41) is 0.866. The number of alkyl halides is 4. The molecule has 2 aromatic carbocycles. The van der Waals surface area contributed by atoms with E-state index in [-0.39, 0.29) is 12.1 Å². The van der Waals surface area contributed by atoms with E-state index >= 15 is 0 Å². The lowest BCUT2D eigenvalue weighted by atomic mass is 9.81. The summed E-state index contributed by atoms with van der Waals surface area (Å²) in [5.41, 5.74) is -0.236. The van der Waals surface area contributed by atoms with E-state index in [9.17, 15) is 27.2 Å². The molecule has 0 fully saturated rings. The summed E-state index contributed by atoms with van der Waals surface area (Å²) in [4.78, 5) is 31.1. The molecule has 0 spiro atoms. The number of rotatable bonds is 4. The number of aromatic amines is 1. The van der Waals surface area contributed by atoms with Gasteiger partial charge < -0.3 is 14.6 Å². The van der Waals surface area contributed by atoms with Crippen molar-refractivity contribution in [2.75, 3.05) is 11.0 Å². The maximum Gasteiger partial charge on any atom is 0.416 e. The molecule has 5 nitrogen and oxygen atoms in total. The highest BCUT2D eigenvalue weighted by atomic mass is 127. The van der Waals surface area contributed by atoms with Gasteiger partial charge in [0.2, 0.25) is 0 Å². The van der Waals surface area contributed by atoms with Crippen molar-refractivity contribution < 1.29 is 31.9 Å². The van der Waals surface area contributed by atoms with Gasteiger partial charge in [-0.3, -0.25) is 4.79 Å². The topological polar surface area (TPSA) is 62.4 Å². The Balaban J connectivity index is 1.89. The Labute approximate surface area is 218 Å². The minimum atomic E-state index is -4.75. The molecule has 0 bridgehead atoms. The average molecular weight is 614 g/mol. The second kappa shape index (κ2) is 9.53. The quantitative estimate of drug-likeness (QED) is 0.159. The van der Waals surface area contributed by atoms with Gasteiger partial charge in [0.1, 0.15) is 5.82 Å². The third-order valence-electron chi connectivity index (χ3n) is 6.03. The Bertz CT molecular complexity index is 1380. The van der Waals surface area contributed by atoms with Crippen LogP contribution in [-0.4, -0.2) is 38.8 Å². The molecule has 36 heavy (non-hydrogen) atoms. The minimum Gasteiger partial charge on any atom is -0.459 e. The second-order valence-electron chi connectivity index (χ2n) is 9.24. The van der Waals surface area contributed by atoms with E-state index in [1.54, 1.807) is 13.8 Å². The number of nitrogens with one attached hydrogen (secondary N) is 1. The van der Waals surface area contributed by atoms with Gasteiger partial charge in [-0.15, -0.1) is 0 Å². The number of hydrogen-bond acceptors (Lipinski definition) is 3. The number of carbonyl (C=O) groups is 2. The number of benzene rings is 2. The summed E-state index contributed by atoms with van der Waals surface area (Å²) in [5.74, 6) is -2.83. The van der Waals surface area contributed by atoms with Gasteiger partial charge in [-0.05, 0) is 43.7 Å². The fourth-order valence-corrected chi connectivity index (χ4v) is 5.01. The first-order valence-corrected chi connectivity index (χ1v) is 12.7. The fourth-order valence-electron chi connectivity index (χ4n) is 4.38. The molecule has 3 aromatic rings. The summed E-state index contributed by atoms with van der Waals surface area (Å²) in [6, 6.07) is 9.30. The molecule has 10 heteroatoms. The van der Waals surface area contributed by atoms with Crippen molar-refractivity contribution in [3.8, 4) is 0 Å². The standard InChI is InChI=1S/C26H23F4IN2O3/c1-14(2)36-24(35)18-11-33(23(34)16-9-8-15(10-19(16)27)26(28,29)30)13-25(3,12-31)21-17-6-4-5-7-20(17)32-22(18)21/h4-11,14,32H,12-13H2,1-3H3. The minimum absolute atomic E-state index is 0.0581. The van der Waals surface area contributed by atoms with Gasteiger partial charge in [0, 0.05) is 33.5 Å². The van der Waals surface area contributed by atoms with E-state index in [1.807, 2.05) is 31.2 Å². The van der Waals surface area contributed by atoms with Crippen LogP contribution in [0.2, 0.25) is 0 Å². The maximum atomic E-state index is 14.7. The number of halogens is 5. The first kappa shape index (κ1) is 26.2. The lowest BCUT2D eigenvalue weighted by Crippen LogP contribution is -2.40. The Kier molecular flexibility index (Phi) is 6.93. The van der Waals surface area contributed by atoms with Crippen LogP contribution in [0.25, 0.3) is 16.5 Å². The Morgan fingerprint density at radius 3 is 2.50 bits per heavy atom. The van der Waals surface area contributed by atoms with E-state index in [2.05, 4.69) is 27.6 Å². The molecule has 1 atom stereocenters. The fraction of sp³-hybridized carbons (Fsp3) is 0.308. The number of carbonyl (C=O) groups excluding carboxylic acids is 2. The molecule has 4 rings (SSSR count). The van der Waals surface area contributed by atoms with Crippen molar-refractivity contribution in [3.63, 3.8) is 0 Å². The first-order chi connectivity index (χ1) is 16.9. The van der Waals surface area contributed by atoms with Crippen LogP contribution in [0.15, 0.2) is 48.7 Å². The monoisotopic (exact) mass is 614 g/mol. The van der Waals surface area contributed by atoms with Gasteiger partial charge in [-0.2, -0.15) is 13.2 Å². The molecule has 1 aliphatic heterocycles. The first-order valence-electron chi connectivity index (χ1n) is 11.1. The highest BCUT2D eigenvalue weighted by Crippen LogP contribution is 2.42. The summed E-state index contributed by atoms with van der Waals surface area (Å²) >= 11 is 2.19. The van der Waals surface area contributed by atoms with Gasteiger partial charge in [-0.1, -0.05) is 47.7 Å². The predicted octanol–water partition coefficient (Wildman–Crippen LogP) is 6.47. The zero-order valence-electron chi connectivity index (χ0n) is 19.7. The third-order valence-corrected chi connectivity index (χ3v) is 7.71. The summed E-state index contributed by atoms with van der Waals surface area (Å²) in [6.45, 7) is 5.36. The van der Waals surface area contributed by atoms with Crippen LogP contribution in [0.5, 0.6) is 0 Å². The van der Waals surface area contributed by atoms with Gasteiger partial charge >= 0.3 is 12.1 Å². The molecule has 1 amide bonds. The molecule has 1 aromatic heterocycles. The summed E-state index contributed by atoms with van der Waals surface area (Å²) in [6.07, 6.45) is -3.89. The van der Waals surface area contributed by atoms with Crippen LogP contribution in [0.4, 0.5) is 17.6 Å². The molecule has 1 unspecified atom stereocenters. The van der Waals surface area contributed by atoms with Crippen LogP contribution in [-0.2, 0) is 21.1 Å². The smallest absolute Gasteiger partial charge is 0.416 e. The molecule has 0 saturated carbocycles. The number of H-pyrrole nitrogens is 1. The van der Waals surface area contributed by atoms with E-state index in [4.69, 9.17) is 4.74 Å². The van der Waals surface area contributed by atoms with Crippen molar-refractivity contribution in [2.45, 2.75) is 38.5 Å². The van der Waals surface area contributed by atoms with Gasteiger partial charge in [0.25, 0.3) is 5.91 Å². The molecular weight excluding hydrogens is 591 g/mol. The van der Waals surface area contributed by atoms with Crippen molar-refractivity contribution in [3.05, 3.63) is 76.9 Å². The molecule has 190 valence electrons. The second-order valence-corrected chi connectivity index (χ2v) is 10.00. The normalized spacial score (nSPS) is 18.1. The van der Waals surface area contributed by atoms with Crippen LogP contribution < -0.4 is 0 Å². The Hall–Kier alpha value is -2.89. The van der Waals surface area contributed by atoms with Crippen LogP contribution in [0.1, 0.15) is 48.0 Å². The largest absolute Gasteiger partial charge is 0.459 e. The molecule has 0 saturated heterocycles. The van der Waals surface area contributed by atoms with Gasteiger partial charge in [0.15, 0.2) is 0 Å². The summed E-state index contributed by atoms with van der Waals surface area (Å²) in [7, 11) is 0. The van der Waals surface area contributed by atoms with E-state index in [1.165, 1.54) is 11.1 Å². The van der Waals surface area contributed by atoms with Crippen LogP contribution in [0.3, 0.4) is 0 Å². The zero-order valence-corrected chi connectivity index (χ0v) is 21.8. The van der Waals surface area contributed by atoms with Crippen molar-refractivity contribution >= 4 is 50.9 Å². The maximum absolute atomic E-state index is 14.7. The zero-order chi connectivity index (χ0) is 26.4. The SMILES string of the molecule is CC(C)OC(=O)C1=CN(C(=O)c2ccc(C(F)(F)F)cc2F)CC(C)(CI)c2c1[nH]c1ccccc21. The third kappa shape index (κ3) is 4.74. The molecule has 0 radical (unpaired) electrons. The number of ether oxygens (including phenoxy) is 1. The number of esters is 1. The number of fused-ring (bicyclic) bond motifs is 3. The number of aromatic nitrogens is 1. The number of para-hydroxylation sites is 1. The Morgan fingerprint density at radius 1 is 1.19 bits per heavy atom. The molecule has 2 heterocycles. The van der Waals surface area contributed by atoms with Crippen molar-refractivity contribution in [2.24, 2.45) is 0 Å². The number of hydrogen-bond donors (Lipinski definition) is 1. The lowest BCUT2D eigenvalue weighted by Gasteiger charge is -2.32. The molecule has 1 aliphatic rings. The van der Waals surface area contributed by atoms with Gasteiger partial charge in [-0.25, -0.2) is 9.18 Å². The number of nitrogens with zero attached hydrogens (tertiary/aromatic N) is 1. The molecule has 0 aliphatic carbocycles. The van der Waals surface area contributed by atoms with Crippen LogP contribution >= 0.6 is 22.6 Å². The Morgan fingerprint density at radius 2 is 1.89 bits per heavy atom. The molecular formula is C26H23F4IN2O3. The van der Waals surface area contributed by atoms with E-state index in [0.29, 0.717) is 22.3 Å². The average Bonchev–Trinajstić information content (AvgIpc) is 3.14.